The molecule has 104 valence electrons. The van der Waals surface area contributed by atoms with Crippen LogP contribution in [0.5, 0.6) is 0 Å². The molecule has 0 aliphatic heterocycles. The quantitative estimate of drug-likeness (QED) is 0.860. The molecule has 1 aromatic rings. The minimum atomic E-state index is -0.755. The van der Waals surface area contributed by atoms with Crippen molar-refractivity contribution in [1.29, 1.82) is 0 Å². The summed E-state index contributed by atoms with van der Waals surface area (Å²) in [5.41, 5.74) is 0.927. The molecule has 1 aliphatic carbocycles. The summed E-state index contributed by atoms with van der Waals surface area (Å²) in [6.07, 6.45) is -1.17. The normalized spacial score (nSPS) is 26.2. The predicted molar refractivity (Wildman–Crippen MR) is 69.4 cm³/mol. The topological polar surface area (TPSA) is 70.0 Å². The number of aliphatic hydroxyl groups is 2. The van der Waals surface area contributed by atoms with Crippen LogP contribution in [0, 0.1) is 0 Å². The molecule has 0 heterocycles. The highest BCUT2D eigenvalue weighted by molar-refractivity contribution is 5.67. The molecule has 1 saturated carbocycles. The van der Waals surface area contributed by atoms with Crippen molar-refractivity contribution < 1.29 is 19.7 Å². The molecule has 19 heavy (non-hydrogen) atoms. The Morgan fingerprint density at radius 1 is 1.26 bits per heavy atom. The zero-order valence-corrected chi connectivity index (χ0v) is 10.9. The van der Waals surface area contributed by atoms with Crippen LogP contribution in [0.2, 0.25) is 0 Å². The number of benzene rings is 1. The van der Waals surface area contributed by atoms with Gasteiger partial charge in [0.1, 0.15) is 6.61 Å². The number of carbonyl (C=O) groups excluding carboxylic acids is 1. The fourth-order valence-electron chi connectivity index (χ4n) is 2.25. The lowest BCUT2D eigenvalue weighted by atomic mass is 10.2. The molecule has 0 saturated heterocycles. The Kier molecular flexibility index (Phi) is 4.39. The maximum Gasteiger partial charge on any atom is 0.410 e. The second kappa shape index (κ2) is 6.04. The van der Waals surface area contributed by atoms with Crippen molar-refractivity contribution in [2.75, 3.05) is 7.05 Å². The largest absolute Gasteiger partial charge is 0.445 e. The van der Waals surface area contributed by atoms with E-state index in [2.05, 4.69) is 0 Å². The lowest BCUT2D eigenvalue weighted by molar-refractivity contribution is 0.0438. The third-order valence-corrected chi connectivity index (χ3v) is 3.51. The third-order valence-electron chi connectivity index (χ3n) is 3.51. The number of amides is 1. The number of nitrogens with zero attached hydrogens (tertiary/aromatic N) is 1. The van der Waals surface area contributed by atoms with E-state index in [0.29, 0.717) is 12.8 Å². The Labute approximate surface area is 112 Å². The average molecular weight is 265 g/mol. The highest BCUT2D eigenvalue weighted by Crippen LogP contribution is 2.24. The highest BCUT2D eigenvalue weighted by Gasteiger charge is 2.35. The number of rotatable bonds is 3. The molecule has 5 heteroatoms. The molecular formula is C14H19NO4. The van der Waals surface area contributed by atoms with Crippen molar-refractivity contribution in [3.8, 4) is 0 Å². The molecule has 3 atom stereocenters. The van der Waals surface area contributed by atoms with E-state index in [1.165, 1.54) is 4.90 Å². The molecule has 1 aromatic carbocycles. The van der Waals surface area contributed by atoms with E-state index in [1.807, 2.05) is 30.3 Å². The van der Waals surface area contributed by atoms with Gasteiger partial charge in [0.05, 0.1) is 12.2 Å². The van der Waals surface area contributed by atoms with Crippen LogP contribution in [0.4, 0.5) is 4.79 Å². The lowest BCUT2D eigenvalue weighted by Gasteiger charge is -2.23. The van der Waals surface area contributed by atoms with Gasteiger partial charge < -0.3 is 19.8 Å². The number of carbonyl (C=O) groups is 1. The minimum absolute atomic E-state index is 0.173. The van der Waals surface area contributed by atoms with Gasteiger partial charge in [0.2, 0.25) is 0 Å². The number of hydrogen-bond acceptors (Lipinski definition) is 4. The molecule has 1 fully saturated rings. The van der Waals surface area contributed by atoms with E-state index >= 15 is 0 Å². The predicted octanol–water partition coefficient (Wildman–Crippen LogP) is 1.14. The van der Waals surface area contributed by atoms with Gasteiger partial charge in [-0.15, -0.1) is 0 Å². The van der Waals surface area contributed by atoms with Crippen LogP contribution in [0.15, 0.2) is 30.3 Å². The summed E-state index contributed by atoms with van der Waals surface area (Å²) < 4.78 is 5.20. The first-order valence-electron chi connectivity index (χ1n) is 6.37. The van der Waals surface area contributed by atoms with Crippen molar-refractivity contribution in [1.82, 2.24) is 4.90 Å². The minimum Gasteiger partial charge on any atom is -0.445 e. The Morgan fingerprint density at radius 2 is 1.84 bits per heavy atom. The van der Waals surface area contributed by atoms with Crippen molar-refractivity contribution in [2.24, 2.45) is 0 Å². The summed E-state index contributed by atoms with van der Waals surface area (Å²) in [7, 11) is 1.63. The fourth-order valence-corrected chi connectivity index (χ4v) is 2.25. The van der Waals surface area contributed by atoms with Gasteiger partial charge in [-0.2, -0.15) is 0 Å². The maximum atomic E-state index is 11.9. The molecule has 0 bridgehead atoms. The summed E-state index contributed by atoms with van der Waals surface area (Å²) in [6, 6.07) is 9.27. The zero-order chi connectivity index (χ0) is 13.8. The van der Waals surface area contributed by atoms with Crippen LogP contribution in [-0.2, 0) is 11.3 Å². The van der Waals surface area contributed by atoms with Crippen molar-refractivity contribution >= 4 is 6.09 Å². The molecule has 0 spiro atoms. The summed E-state index contributed by atoms with van der Waals surface area (Å²) >= 11 is 0. The molecule has 1 amide bonds. The highest BCUT2D eigenvalue weighted by atomic mass is 16.6. The zero-order valence-electron chi connectivity index (χ0n) is 10.9. The smallest absolute Gasteiger partial charge is 0.410 e. The molecule has 0 aromatic heterocycles. The first kappa shape index (κ1) is 13.8. The van der Waals surface area contributed by atoms with Crippen LogP contribution in [-0.4, -0.2) is 46.5 Å². The van der Waals surface area contributed by atoms with Gasteiger partial charge in [-0.25, -0.2) is 4.79 Å². The molecule has 2 rings (SSSR count). The Bertz CT molecular complexity index is 413. The Morgan fingerprint density at radius 3 is 2.42 bits per heavy atom. The van der Waals surface area contributed by atoms with Crippen LogP contribution >= 0.6 is 0 Å². The van der Waals surface area contributed by atoms with Gasteiger partial charge in [-0.1, -0.05) is 30.3 Å². The molecular weight excluding hydrogens is 246 g/mol. The first-order chi connectivity index (χ1) is 9.08. The summed E-state index contributed by atoms with van der Waals surface area (Å²) in [6.45, 7) is 0.224. The van der Waals surface area contributed by atoms with Crippen LogP contribution in [0.3, 0.4) is 0 Å². The van der Waals surface area contributed by atoms with Gasteiger partial charge in [-0.3, -0.25) is 0 Å². The van der Waals surface area contributed by atoms with Gasteiger partial charge in [-0.05, 0) is 18.4 Å². The Hall–Kier alpha value is -1.59. The second-order valence-corrected chi connectivity index (χ2v) is 4.91. The van der Waals surface area contributed by atoms with Crippen LogP contribution < -0.4 is 0 Å². The van der Waals surface area contributed by atoms with Gasteiger partial charge in [0.15, 0.2) is 0 Å². The first-order valence-corrected chi connectivity index (χ1v) is 6.37. The van der Waals surface area contributed by atoms with Gasteiger partial charge >= 0.3 is 6.09 Å². The number of ether oxygens (including phenoxy) is 1. The average Bonchev–Trinajstić information content (AvgIpc) is 2.76. The Balaban J connectivity index is 1.83. The molecule has 0 radical (unpaired) electrons. The summed E-state index contributed by atoms with van der Waals surface area (Å²) in [5, 5.41) is 19.0. The second-order valence-electron chi connectivity index (χ2n) is 4.91. The van der Waals surface area contributed by atoms with E-state index in [1.54, 1.807) is 7.05 Å². The van der Waals surface area contributed by atoms with E-state index in [9.17, 15) is 15.0 Å². The van der Waals surface area contributed by atoms with Gasteiger partial charge in [0.25, 0.3) is 0 Å². The fraction of sp³-hybridized carbons (Fsp3) is 0.500. The van der Waals surface area contributed by atoms with E-state index in [0.717, 1.165) is 5.56 Å². The number of hydrogen-bond donors (Lipinski definition) is 2. The summed E-state index contributed by atoms with van der Waals surface area (Å²) in [5.74, 6) is 0. The van der Waals surface area contributed by atoms with Crippen LogP contribution in [0.1, 0.15) is 18.4 Å². The van der Waals surface area contributed by atoms with Crippen molar-refractivity contribution in [2.45, 2.75) is 37.7 Å². The summed E-state index contributed by atoms with van der Waals surface area (Å²) in [4.78, 5) is 13.3. The van der Waals surface area contributed by atoms with Gasteiger partial charge in [0, 0.05) is 13.1 Å². The SMILES string of the molecule is CN(C(=O)OCc1ccccc1)[C@@H]1C[C@@H](O)[C@@H](O)C1. The van der Waals surface area contributed by atoms with Crippen molar-refractivity contribution in [3.05, 3.63) is 35.9 Å². The maximum absolute atomic E-state index is 11.9. The lowest BCUT2D eigenvalue weighted by Crippen LogP contribution is -2.36. The monoisotopic (exact) mass is 265 g/mol. The van der Waals surface area contributed by atoms with Crippen molar-refractivity contribution in [3.63, 3.8) is 0 Å². The molecule has 2 N–H and O–H groups in total. The molecule has 1 aliphatic rings. The molecule has 5 nitrogen and oxygen atoms in total. The van der Waals surface area contributed by atoms with E-state index < -0.39 is 18.3 Å². The van der Waals surface area contributed by atoms with Crippen LogP contribution in [0.25, 0.3) is 0 Å². The standard InChI is InChI=1S/C14H19NO4/c1-15(11-7-12(16)13(17)8-11)14(18)19-9-10-5-3-2-4-6-10/h2-6,11-13,16-17H,7-9H2,1H3/t11-,12-,13+. The van der Waals surface area contributed by atoms with E-state index in [-0.39, 0.29) is 12.6 Å². The molecule has 0 unspecified atom stereocenters. The van der Waals surface area contributed by atoms with E-state index in [4.69, 9.17) is 4.74 Å². The number of aliphatic hydroxyl groups excluding tert-OH is 2. The third kappa shape index (κ3) is 3.45.